The second kappa shape index (κ2) is 3.90. The molecule has 1 N–H and O–H groups in total. The van der Waals surface area contributed by atoms with Crippen molar-refractivity contribution in [2.24, 2.45) is 0 Å². The zero-order chi connectivity index (χ0) is 10.8. The number of aliphatic carboxylic acids is 1. The standard InChI is InChI=1S/C10H8ClNO3/c11-5-6-2-1-3-7-10(6)12-8(15-7)4-9(13)14/h1-3H,4-5H2,(H,13,14). The van der Waals surface area contributed by atoms with E-state index in [0.29, 0.717) is 17.0 Å². The molecule has 0 amide bonds. The number of rotatable bonds is 3. The van der Waals surface area contributed by atoms with Gasteiger partial charge in [-0.25, -0.2) is 4.98 Å². The molecule has 5 heteroatoms. The van der Waals surface area contributed by atoms with Gasteiger partial charge in [0.15, 0.2) is 5.58 Å². The van der Waals surface area contributed by atoms with Gasteiger partial charge in [-0.2, -0.15) is 0 Å². The molecule has 0 spiro atoms. The van der Waals surface area contributed by atoms with Gasteiger partial charge >= 0.3 is 5.97 Å². The summed E-state index contributed by atoms with van der Waals surface area (Å²) in [5.74, 6) is -0.430. The largest absolute Gasteiger partial charge is 0.481 e. The first kappa shape index (κ1) is 9.98. The van der Waals surface area contributed by atoms with Crippen LogP contribution in [0.4, 0.5) is 0 Å². The molecule has 0 saturated carbocycles. The van der Waals surface area contributed by atoms with Crippen LogP contribution in [0.15, 0.2) is 22.6 Å². The number of carboxylic acid groups (broad SMARTS) is 1. The van der Waals surface area contributed by atoms with Crippen molar-refractivity contribution in [3.8, 4) is 0 Å². The van der Waals surface area contributed by atoms with Gasteiger partial charge in [0.2, 0.25) is 5.89 Å². The van der Waals surface area contributed by atoms with E-state index in [-0.39, 0.29) is 12.3 Å². The van der Waals surface area contributed by atoms with Crippen LogP contribution < -0.4 is 0 Å². The van der Waals surface area contributed by atoms with Crippen molar-refractivity contribution in [2.45, 2.75) is 12.3 Å². The summed E-state index contributed by atoms with van der Waals surface area (Å²) < 4.78 is 5.27. The number of fused-ring (bicyclic) bond motifs is 1. The molecule has 0 fully saturated rings. The third-order valence-electron chi connectivity index (χ3n) is 1.99. The number of carboxylic acids is 1. The molecular weight excluding hydrogens is 218 g/mol. The maximum atomic E-state index is 10.5. The van der Waals surface area contributed by atoms with E-state index in [1.54, 1.807) is 12.1 Å². The number of para-hydroxylation sites is 1. The molecule has 4 nitrogen and oxygen atoms in total. The molecular formula is C10H8ClNO3. The lowest BCUT2D eigenvalue weighted by Crippen LogP contribution is -1.99. The quantitative estimate of drug-likeness (QED) is 0.814. The van der Waals surface area contributed by atoms with Crippen LogP contribution in [0.2, 0.25) is 0 Å². The summed E-state index contributed by atoms with van der Waals surface area (Å²) in [4.78, 5) is 14.6. The lowest BCUT2D eigenvalue weighted by molar-refractivity contribution is -0.136. The first-order chi connectivity index (χ1) is 7.20. The van der Waals surface area contributed by atoms with Crippen molar-refractivity contribution < 1.29 is 14.3 Å². The van der Waals surface area contributed by atoms with Gasteiger partial charge in [0, 0.05) is 5.88 Å². The van der Waals surface area contributed by atoms with Crippen LogP contribution in [0.25, 0.3) is 11.1 Å². The summed E-state index contributed by atoms with van der Waals surface area (Å²) in [5, 5.41) is 8.59. The second-order valence-electron chi connectivity index (χ2n) is 3.08. The van der Waals surface area contributed by atoms with Crippen molar-refractivity contribution in [3.05, 3.63) is 29.7 Å². The fourth-order valence-corrected chi connectivity index (χ4v) is 1.58. The van der Waals surface area contributed by atoms with Crippen LogP contribution in [0.5, 0.6) is 0 Å². The van der Waals surface area contributed by atoms with Crippen molar-refractivity contribution in [1.29, 1.82) is 0 Å². The summed E-state index contributed by atoms with van der Waals surface area (Å²) in [6.45, 7) is 0. The highest BCUT2D eigenvalue weighted by Gasteiger charge is 2.11. The maximum absolute atomic E-state index is 10.5. The van der Waals surface area contributed by atoms with E-state index in [4.69, 9.17) is 21.1 Å². The van der Waals surface area contributed by atoms with Gasteiger partial charge in [-0.15, -0.1) is 11.6 Å². The topological polar surface area (TPSA) is 63.3 Å². The van der Waals surface area contributed by atoms with E-state index in [1.165, 1.54) is 0 Å². The number of benzene rings is 1. The first-order valence-corrected chi connectivity index (χ1v) is 4.89. The molecule has 15 heavy (non-hydrogen) atoms. The predicted octanol–water partition coefficient (Wildman–Crippen LogP) is 2.19. The molecule has 0 unspecified atom stereocenters. The molecule has 78 valence electrons. The summed E-state index contributed by atoms with van der Waals surface area (Å²) in [6, 6.07) is 5.38. The minimum atomic E-state index is -0.964. The number of alkyl halides is 1. The molecule has 0 aliphatic heterocycles. The van der Waals surface area contributed by atoms with E-state index >= 15 is 0 Å². The lowest BCUT2D eigenvalue weighted by atomic mass is 10.2. The van der Waals surface area contributed by atoms with Crippen molar-refractivity contribution >= 4 is 28.7 Å². The van der Waals surface area contributed by atoms with Crippen LogP contribution >= 0.6 is 11.6 Å². The molecule has 2 rings (SSSR count). The Balaban J connectivity index is 2.50. The highest BCUT2D eigenvalue weighted by Crippen LogP contribution is 2.21. The SMILES string of the molecule is O=C(O)Cc1nc2c(CCl)cccc2o1. The summed E-state index contributed by atoms with van der Waals surface area (Å²) >= 11 is 5.72. The van der Waals surface area contributed by atoms with Crippen LogP contribution in [-0.2, 0) is 17.1 Å². The molecule has 1 aromatic carbocycles. The predicted molar refractivity (Wildman–Crippen MR) is 54.9 cm³/mol. The molecule has 0 atom stereocenters. The van der Waals surface area contributed by atoms with Crippen LogP contribution in [0.1, 0.15) is 11.5 Å². The smallest absolute Gasteiger partial charge is 0.312 e. The average Bonchev–Trinajstić information content (AvgIpc) is 2.58. The van der Waals surface area contributed by atoms with Crippen LogP contribution in [0, 0.1) is 0 Å². The summed E-state index contributed by atoms with van der Waals surface area (Å²) in [7, 11) is 0. The first-order valence-electron chi connectivity index (χ1n) is 4.36. The highest BCUT2D eigenvalue weighted by atomic mass is 35.5. The Hall–Kier alpha value is -1.55. The zero-order valence-electron chi connectivity index (χ0n) is 7.74. The van der Waals surface area contributed by atoms with E-state index in [1.807, 2.05) is 6.07 Å². The van der Waals surface area contributed by atoms with Gasteiger partial charge in [-0.05, 0) is 11.6 Å². The molecule has 0 saturated heterocycles. The Kier molecular flexibility index (Phi) is 2.60. The fourth-order valence-electron chi connectivity index (χ4n) is 1.36. The number of oxazole rings is 1. The number of carbonyl (C=O) groups is 1. The number of nitrogens with zero attached hydrogens (tertiary/aromatic N) is 1. The number of aromatic nitrogens is 1. The Morgan fingerprint density at radius 3 is 3.00 bits per heavy atom. The molecule has 0 aliphatic rings. The fraction of sp³-hybridized carbons (Fsp3) is 0.200. The van der Waals surface area contributed by atoms with Crippen LogP contribution in [-0.4, -0.2) is 16.1 Å². The molecule has 1 heterocycles. The summed E-state index contributed by atoms with van der Waals surface area (Å²) in [5.41, 5.74) is 2.06. The highest BCUT2D eigenvalue weighted by molar-refractivity contribution is 6.17. The number of hydrogen-bond acceptors (Lipinski definition) is 3. The molecule has 0 radical (unpaired) electrons. The average molecular weight is 226 g/mol. The Morgan fingerprint density at radius 1 is 1.53 bits per heavy atom. The normalized spacial score (nSPS) is 10.7. The third-order valence-corrected chi connectivity index (χ3v) is 2.28. The van der Waals surface area contributed by atoms with Crippen molar-refractivity contribution in [3.63, 3.8) is 0 Å². The van der Waals surface area contributed by atoms with Crippen molar-refractivity contribution in [2.75, 3.05) is 0 Å². The van der Waals surface area contributed by atoms with Crippen molar-refractivity contribution in [1.82, 2.24) is 4.98 Å². The van der Waals surface area contributed by atoms with E-state index in [0.717, 1.165) is 5.56 Å². The Bertz CT molecular complexity index is 506. The monoisotopic (exact) mass is 225 g/mol. The molecule has 0 bridgehead atoms. The van der Waals surface area contributed by atoms with Gasteiger partial charge in [0.05, 0.1) is 0 Å². The van der Waals surface area contributed by atoms with E-state index in [9.17, 15) is 4.79 Å². The van der Waals surface area contributed by atoms with Gasteiger partial charge in [-0.1, -0.05) is 12.1 Å². The van der Waals surface area contributed by atoms with Gasteiger partial charge in [0.25, 0.3) is 0 Å². The minimum absolute atomic E-state index is 0.204. The van der Waals surface area contributed by atoms with Crippen LogP contribution in [0.3, 0.4) is 0 Å². The lowest BCUT2D eigenvalue weighted by Gasteiger charge is -1.92. The zero-order valence-corrected chi connectivity index (χ0v) is 8.49. The molecule has 2 aromatic rings. The van der Waals surface area contributed by atoms with E-state index < -0.39 is 5.97 Å². The maximum Gasteiger partial charge on any atom is 0.312 e. The van der Waals surface area contributed by atoms with Gasteiger partial charge in [0.1, 0.15) is 11.9 Å². The molecule has 1 aromatic heterocycles. The summed E-state index contributed by atoms with van der Waals surface area (Å²) in [6.07, 6.45) is -0.212. The minimum Gasteiger partial charge on any atom is -0.481 e. The number of halogens is 1. The second-order valence-corrected chi connectivity index (χ2v) is 3.34. The van der Waals surface area contributed by atoms with E-state index in [2.05, 4.69) is 4.98 Å². The third kappa shape index (κ3) is 1.94. The Labute approximate surface area is 90.5 Å². The Morgan fingerprint density at radius 2 is 2.33 bits per heavy atom. The van der Waals surface area contributed by atoms with Gasteiger partial charge < -0.3 is 9.52 Å². The number of hydrogen-bond donors (Lipinski definition) is 1. The molecule has 0 aliphatic carbocycles. The van der Waals surface area contributed by atoms with Gasteiger partial charge in [-0.3, -0.25) is 4.79 Å².